The van der Waals surface area contributed by atoms with Crippen molar-refractivity contribution >= 4 is 12.8 Å². The van der Waals surface area contributed by atoms with Crippen molar-refractivity contribution in [2.24, 2.45) is 4.99 Å². The highest BCUT2D eigenvalue weighted by Gasteiger charge is 1.80. The zero-order chi connectivity index (χ0) is 7.23. The zero-order valence-electron chi connectivity index (χ0n) is 5.57. The monoisotopic (exact) mass is 132 g/mol. The van der Waals surface area contributed by atoms with E-state index < -0.39 is 0 Å². The summed E-state index contributed by atoms with van der Waals surface area (Å²) in [6.45, 7) is 3.31. The molecule has 0 unspecified atom stereocenters. The van der Waals surface area contributed by atoms with Gasteiger partial charge in [-0.15, -0.1) is 0 Å². The van der Waals surface area contributed by atoms with Crippen LogP contribution in [0.1, 0.15) is 5.69 Å². The number of nitrogens with zero attached hydrogens (tertiary/aromatic N) is 2. The molecule has 0 aliphatic heterocycles. The number of hydrogen-bond acceptors (Lipinski definition) is 2. The summed E-state index contributed by atoms with van der Waals surface area (Å²) in [5.41, 5.74) is 0.898. The molecule has 0 saturated carbocycles. The molecule has 0 aromatic carbocycles. The first kappa shape index (κ1) is 6.68. The molecule has 50 valence electrons. The van der Waals surface area contributed by atoms with E-state index >= 15 is 0 Å². The van der Waals surface area contributed by atoms with E-state index in [-0.39, 0.29) is 0 Å². The van der Waals surface area contributed by atoms with Gasteiger partial charge in [0.15, 0.2) is 0 Å². The second-order valence-electron chi connectivity index (χ2n) is 1.75. The maximum absolute atomic E-state index is 4.04. The van der Waals surface area contributed by atoms with Crippen LogP contribution in [0, 0.1) is 0 Å². The van der Waals surface area contributed by atoms with Gasteiger partial charge in [-0.2, -0.15) is 0 Å². The molecule has 2 nitrogen and oxygen atoms in total. The maximum Gasteiger partial charge on any atom is 0.0644 e. The van der Waals surface area contributed by atoms with Gasteiger partial charge in [0.25, 0.3) is 0 Å². The number of aromatic nitrogens is 1. The second kappa shape index (κ2) is 3.56. The molecule has 0 bridgehead atoms. The SMILES string of the molecule is C=N/C=C/c1ccccn1. The Morgan fingerprint density at radius 2 is 2.40 bits per heavy atom. The van der Waals surface area contributed by atoms with E-state index in [1.807, 2.05) is 18.2 Å². The van der Waals surface area contributed by atoms with E-state index in [0.29, 0.717) is 0 Å². The largest absolute Gasteiger partial charge is 0.272 e. The van der Waals surface area contributed by atoms with Crippen molar-refractivity contribution in [3.05, 3.63) is 36.3 Å². The van der Waals surface area contributed by atoms with Gasteiger partial charge in [-0.1, -0.05) is 6.07 Å². The van der Waals surface area contributed by atoms with Gasteiger partial charge in [-0.3, -0.25) is 9.98 Å². The lowest BCUT2D eigenvalue weighted by Crippen LogP contribution is -1.74. The van der Waals surface area contributed by atoms with Crippen LogP contribution in [-0.4, -0.2) is 11.7 Å². The fourth-order valence-corrected chi connectivity index (χ4v) is 0.604. The lowest BCUT2D eigenvalue weighted by molar-refractivity contribution is 1.29. The topological polar surface area (TPSA) is 25.2 Å². The minimum atomic E-state index is 0.898. The highest BCUT2D eigenvalue weighted by molar-refractivity contribution is 5.45. The summed E-state index contributed by atoms with van der Waals surface area (Å²) < 4.78 is 0. The fraction of sp³-hybridized carbons (Fsp3) is 0. The van der Waals surface area contributed by atoms with E-state index in [2.05, 4.69) is 16.7 Å². The van der Waals surface area contributed by atoms with Crippen LogP contribution in [0.3, 0.4) is 0 Å². The Morgan fingerprint density at radius 1 is 1.50 bits per heavy atom. The van der Waals surface area contributed by atoms with Crippen molar-refractivity contribution in [3.8, 4) is 0 Å². The molecule has 1 aromatic rings. The van der Waals surface area contributed by atoms with Gasteiger partial charge in [0.2, 0.25) is 0 Å². The summed E-state index contributed by atoms with van der Waals surface area (Å²) in [7, 11) is 0. The van der Waals surface area contributed by atoms with Crippen LogP contribution in [0.4, 0.5) is 0 Å². The Balaban J connectivity index is 2.76. The predicted octanol–water partition coefficient (Wildman–Crippen LogP) is 1.75. The molecule has 10 heavy (non-hydrogen) atoms. The number of pyridine rings is 1. The van der Waals surface area contributed by atoms with Crippen LogP contribution in [0.5, 0.6) is 0 Å². The molecule has 1 heterocycles. The third-order valence-corrected chi connectivity index (χ3v) is 1.04. The normalized spacial score (nSPS) is 10.0. The van der Waals surface area contributed by atoms with Crippen LogP contribution in [0.2, 0.25) is 0 Å². The first-order chi connectivity index (χ1) is 4.93. The summed E-state index contributed by atoms with van der Waals surface area (Å²) in [5.74, 6) is 0. The molecule has 0 aliphatic rings. The first-order valence-corrected chi connectivity index (χ1v) is 2.97. The number of rotatable bonds is 2. The molecular formula is C8H8N2. The molecule has 1 aromatic heterocycles. The summed E-state index contributed by atoms with van der Waals surface area (Å²) in [4.78, 5) is 7.60. The summed E-state index contributed by atoms with van der Waals surface area (Å²) in [5, 5.41) is 0. The first-order valence-electron chi connectivity index (χ1n) is 2.97. The van der Waals surface area contributed by atoms with E-state index in [9.17, 15) is 0 Å². The molecule has 0 aliphatic carbocycles. The quantitative estimate of drug-likeness (QED) is 0.563. The van der Waals surface area contributed by atoms with E-state index in [1.165, 1.54) is 0 Å². The highest BCUT2D eigenvalue weighted by atomic mass is 14.7. The second-order valence-corrected chi connectivity index (χ2v) is 1.75. The van der Waals surface area contributed by atoms with Crippen LogP contribution in [0.15, 0.2) is 35.6 Å². The molecule has 0 atom stereocenters. The van der Waals surface area contributed by atoms with E-state index in [1.54, 1.807) is 18.5 Å². The average Bonchev–Trinajstić information content (AvgIpc) is 2.03. The van der Waals surface area contributed by atoms with Gasteiger partial charge in [-0.25, -0.2) is 0 Å². The van der Waals surface area contributed by atoms with Crippen molar-refractivity contribution in [2.75, 3.05) is 0 Å². The third-order valence-electron chi connectivity index (χ3n) is 1.04. The van der Waals surface area contributed by atoms with Crippen molar-refractivity contribution in [3.63, 3.8) is 0 Å². The summed E-state index contributed by atoms with van der Waals surface area (Å²) >= 11 is 0. The minimum Gasteiger partial charge on any atom is -0.272 e. The molecule has 0 N–H and O–H groups in total. The molecule has 0 spiro atoms. The van der Waals surface area contributed by atoms with Crippen molar-refractivity contribution in [2.45, 2.75) is 0 Å². The van der Waals surface area contributed by atoms with Crippen LogP contribution in [-0.2, 0) is 0 Å². The average molecular weight is 132 g/mol. The summed E-state index contributed by atoms with van der Waals surface area (Å²) in [6, 6.07) is 5.70. The lowest BCUT2D eigenvalue weighted by Gasteiger charge is -1.86. The van der Waals surface area contributed by atoms with E-state index in [4.69, 9.17) is 0 Å². The zero-order valence-corrected chi connectivity index (χ0v) is 5.57. The fourth-order valence-electron chi connectivity index (χ4n) is 0.604. The Hall–Kier alpha value is -1.44. The van der Waals surface area contributed by atoms with Gasteiger partial charge in [-0.05, 0) is 24.9 Å². The van der Waals surface area contributed by atoms with Crippen molar-refractivity contribution in [1.82, 2.24) is 4.98 Å². The minimum absolute atomic E-state index is 0.898. The molecule has 1 rings (SSSR count). The molecule has 0 saturated heterocycles. The Bertz CT molecular complexity index is 226. The van der Waals surface area contributed by atoms with Gasteiger partial charge in [0.1, 0.15) is 0 Å². The van der Waals surface area contributed by atoms with Gasteiger partial charge >= 0.3 is 0 Å². The van der Waals surface area contributed by atoms with Gasteiger partial charge in [0, 0.05) is 12.4 Å². The van der Waals surface area contributed by atoms with Crippen LogP contribution in [0.25, 0.3) is 6.08 Å². The lowest BCUT2D eigenvalue weighted by atomic mass is 10.3. The molecule has 0 fully saturated rings. The Kier molecular flexibility index (Phi) is 2.38. The molecular weight excluding hydrogens is 124 g/mol. The van der Waals surface area contributed by atoms with E-state index in [0.717, 1.165) is 5.69 Å². The number of aliphatic imine (C=N–C) groups is 1. The standard InChI is InChI=1S/C8H8N2/c1-9-7-5-8-4-2-3-6-10-8/h2-7H,1H2/b7-5+. The van der Waals surface area contributed by atoms with Gasteiger partial charge < -0.3 is 0 Å². The van der Waals surface area contributed by atoms with Crippen LogP contribution >= 0.6 is 0 Å². The smallest absolute Gasteiger partial charge is 0.0644 e. The molecule has 0 amide bonds. The van der Waals surface area contributed by atoms with Gasteiger partial charge in [0.05, 0.1) is 5.69 Å². The predicted molar refractivity (Wildman–Crippen MR) is 42.8 cm³/mol. The third kappa shape index (κ3) is 1.82. The van der Waals surface area contributed by atoms with Crippen molar-refractivity contribution in [1.29, 1.82) is 0 Å². The molecule has 0 radical (unpaired) electrons. The Labute approximate surface area is 60.0 Å². The number of hydrogen-bond donors (Lipinski definition) is 0. The highest BCUT2D eigenvalue weighted by Crippen LogP contribution is 1.95. The molecule has 2 heteroatoms. The summed E-state index contributed by atoms with van der Waals surface area (Å²) in [6.07, 6.45) is 5.15. The van der Waals surface area contributed by atoms with Crippen LogP contribution < -0.4 is 0 Å². The van der Waals surface area contributed by atoms with Crippen molar-refractivity contribution < 1.29 is 0 Å². The maximum atomic E-state index is 4.04. The Morgan fingerprint density at radius 3 is 3.00 bits per heavy atom.